The van der Waals surface area contributed by atoms with Gasteiger partial charge in [-0.1, -0.05) is 60.7 Å². The summed E-state index contributed by atoms with van der Waals surface area (Å²) in [6.07, 6.45) is -2.65. The smallest absolute Gasteiger partial charge is 0.336 e. The molecule has 2 rings (SSSR count). The van der Waals surface area contributed by atoms with Crippen LogP contribution in [0.5, 0.6) is 0 Å². The number of carboxylic acids is 1. The van der Waals surface area contributed by atoms with Crippen LogP contribution in [0.1, 0.15) is 11.1 Å². The van der Waals surface area contributed by atoms with E-state index in [2.05, 4.69) is 0 Å². The second kappa shape index (κ2) is 9.70. The molecule has 0 aromatic heterocycles. The van der Waals surface area contributed by atoms with Gasteiger partial charge in [-0.3, -0.25) is 4.79 Å². The number of aliphatic carboxylic acids is 1. The van der Waals surface area contributed by atoms with Crippen LogP contribution in [0.25, 0.3) is 0 Å². The first-order valence-corrected chi connectivity index (χ1v) is 8.24. The molecular weight excluding hydrogens is 334 g/mol. The van der Waals surface area contributed by atoms with Gasteiger partial charge < -0.3 is 19.5 Å². The third-order valence-corrected chi connectivity index (χ3v) is 3.75. The molecule has 1 amide bonds. The van der Waals surface area contributed by atoms with Crippen molar-refractivity contribution in [3.05, 3.63) is 71.8 Å². The number of carbonyl (C=O) groups is 2. The molecule has 0 spiro atoms. The Bertz CT molecular complexity index is 703. The summed E-state index contributed by atoms with van der Waals surface area (Å²) >= 11 is 0. The highest BCUT2D eigenvalue weighted by Crippen LogP contribution is 2.14. The van der Waals surface area contributed by atoms with Gasteiger partial charge in [0, 0.05) is 14.1 Å². The van der Waals surface area contributed by atoms with Crippen molar-refractivity contribution < 1.29 is 24.2 Å². The number of carboxylic acid groups (broad SMARTS) is 1. The van der Waals surface area contributed by atoms with E-state index in [-0.39, 0.29) is 13.2 Å². The predicted octanol–water partition coefficient (Wildman–Crippen LogP) is 2.33. The molecule has 0 saturated carbocycles. The minimum absolute atomic E-state index is 0.0731. The highest BCUT2D eigenvalue weighted by Gasteiger charge is 2.36. The van der Waals surface area contributed by atoms with Gasteiger partial charge in [-0.25, -0.2) is 4.79 Å². The Morgan fingerprint density at radius 3 is 1.65 bits per heavy atom. The van der Waals surface area contributed by atoms with Crippen molar-refractivity contribution in [2.24, 2.45) is 0 Å². The number of hydrogen-bond acceptors (Lipinski definition) is 4. The normalized spacial score (nSPS) is 13.0. The molecule has 1 N–H and O–H groups in total. The van der Waals surface area contributed by atoms with Crippen molar-refractivity contribution in [1.29, 1.82) is 0 Å². The van der Waals surface area contributed by atoms with Crippen LogP contribution in [-0.4, -0.2) is 48.2 Å². The van der Waals surface area contributed by atoms with Crippen LogP contribution in [-0.2, 0) is 32.3 Å². The molecule has 6 nitrogen and oxygen atoms in total. The molecule has 26 heavy (non-hydrogen) atoms. The molecular formula is C20H23NO5. The first-order chi connectivity index (χ1) is 12.5. The highest BCUT2D eigenvalue weighted by molar-refractivity contribution is 5.87. The van der Waals surface area contributed by atoms with E-state index in [1.54, 1.807) is 14.1 Å². The maximum Gasteiger partial charge on any atom is 0.336 e. The van der Waals surface area contributed by atoms with Crippen LogP contribution in [0.4, 0.5) is 0 Å². The fourth-order valence-electron chi connectivity index (χ4n) is 2.35. The Balaban J connectivity index is 2.12. The van der Waals surface area contributed by atoms with E-state index in [9.17, 15) is 14.7 Å². The molecule has 0 unspecified atom stereocenters. The first-order valence-electron chi connectivity index (χ1n) is 8.24. The van der Waals surface area contributed by atoms with Crippen LogP contribution in [0.3, 0.4) is 0 Å². The standard InChI is InChI=1S/C20H23NO5/c1-21(2)19(22)17(25-13-15-9-5-3-6-10-15)18(20(23)24)26-14-16-11-7-4-8-12-16/h3-12,17-18H,13-14H2,1-2H3,(H,23,24)/t17-,18-/m1/s1. The maximum atomic E-state index is 12.5. The quantitative estimate of drug-likeness (QED) is 0.745. The van der Waals surface area contributed by atoms with Crippen LogP contribution >= 0.6 is 0 Å². The van der Waals surface area contributed by atoms with Crippen molar-refractivity contribution in [2.45, 2.75) is 25.4 Å². The Hall–Kier alpha value is -2.70. The molecule has 0 aliphatic rings. The number of benzene rings is 2. The highest BCUT2D eigenvalue weighted by atomic mass is 16.6. The van der Waals surface area contributed by atoms with Crippen LogP contribution < -0.4 is 0 Å². The predicted molar refractivity (Wildman–Crippen MR) is 96.4 cm³/mol. The van der Waals surface area contributed by atoms with Crippen LogP contribution in [0.15, 0.2) is 60.7 Å². The summed E-state index contributed by atoms with van der Waals surface area (Å²) in [5, 5.41) is 9.57. The van der Waals surface area contributed by atoms with Gasteiger partial charge in [0.15, 0.2) is 12.2 Å². The number of likely N-dealkylation sites (N-methyl/N-ethyl adjacent to an activating group) is 1. The van der Waals surface area contributed by atoms with Gasteiger partial charge in [0.2, 0.25) is 0 Å². The van der Waals surface area contributed by atoms with Gasteiger partial charge in [-0.2, -0.15) is 0 Å². The monoisotopic (exact) mass is 357 g/mol. The van der Waals surface area contributed by atoms with Gasteiger partial charge in [-0.15, -0.1) is 0 Å². The van der Waals surface area contributed by atoms with Gasteiger partial charge >= 0.3 is 5.97 Å². The van der Waals surface area contributed by atoms with Crippen molar-refractivity contribution >= 4 is 11.9 Å². The first kappa shape index (κ1) is 19.6. The van der Waals surface area contributed by atoms with E-state index >= 15 is 0 Å². The summed E-state index contributed by atoms with van der Waals surface area (Å²) in [5.74, 6) is -1.70. The summed E-state index contributed by atoms with van der Waals surface area (Å²) in [4.78, 5) is 25.5. The topological polar surface area (TPSA) is 76.1 Å². The van der Waals surface area contributed by atoms with E-state index in [0.29, 0.717) is 0 Å². The van der Waals surface area contributed by atoms with Crippen LogP contribution in [0, 0.1) is 0 Å². The van der Waals surface area contributed by atoms with E-state index in [1.807, 2.05) is 60.7 Å². The van der Waals surface area contributed by atoms with Gasteiger partial charge in [0.1, 0.15) is 0 Å². The fraction of sp³-hybridized carbons (Fsp3) is 0.300. The third kappa shape index (κ3) is 5.68. The minimum atomic E-state index is -1.41. The Kier molecular flexibility index (Phi) is 7.32. The number of ether oxygens (including phenoxy) is 2. The average Bonchev–Trinajstić information content (AvgIpc) is 2.65. The molecule has 6 heteroatoms. The summed E-state index contributed by atoms with van der Waals surface area (Å²) in [6, 6.07) is 18.4. The number of carbonyl (C=O) groups excluding carboxylic acids is 1. The maximum absolute atomic E-state index is 12.5. The second-order valence-electron chi connectivity index (χ2n) is 6.01. The van der Waals surface area contributed by atoms with E-state index in [0.717, 1.165) is 11.1 Å². The lowest BCUT2D eigenvalue weighted by Gasteiger charge is -2.26. The minimum Gasteiger partial charge on any atom is -0.479 e. The molecule has 2 aromatic rings. The molecule has 2 aromatic carbocycles. The molecule has 0 fully saturated rings. The number of amides is 1. The third-order valence-electron chi connectivity index (χ3n) is 3.75. The number of rotatable bonds is 9. The molecule has 0 aliphatic heterocycles. The lowest BCUT2D eigenvalue weighted by atomic mass is 10.1. The van der Waals surface area contributed by atoms with E-state index < -0.39 is 24.1 Å². The average molecular weight is 357 g/mol. The van der Waals surface area contributed by atoms with Gasteiger partial charge in [-0.05, 0) is 11.1 Å². The second-order valence-corrected chi connectivity index (χ2v) is 6.01. The van der Waals surface area contributed by atoms with Crippen LogP contribution in [0.2, 0.25) is 0 Å². The van der Waals surface area contributed by atoms with Crippen molar-refractivity contribution in [1.82, 2.24) is 4.90 Å². The largest absolute Gasteiger partial charge is 0.479 e. The Morgan fingerprint density at radius 2 is 1.27 bits per heavy atom. The zero-order valence-electron chi connectivity index (χ0n) is 14.9. The van der Waals surface area contributed by atoms with E-state index in [4.69, 9.17) is 9.47 Å². The summed E-state index contributed by atoms with van der Waals surface area (Å²) in [7, 11) is 3.11. The zero-order chi connectivity index (χ0) is 18.9. The lowest BCUT2D eigenvalue weighted by Crippen LogP contribution is -2.48. The van der Waals surface area contributed by atoms with Gasteiger partial charge in [0.05, 0.1) is 13.2 Å². The molecule has 0 bridgehead atoms. The molecule has 0 saturated heterocycles. The summed E-state index contributed by atoms with van der Waals surface area (Å²) in [6.45, 7) is 0.188. The summed E-state index contributed by atoms with van der Waals surface area (Å²) < 4.78 is 11.2. The SMILES string of the molecule is CN(C)C(=O)[C@H](OCc1ccccc1)[C@@H](OCc1ccccc1)C(=O)O. The van der Waals surface area contributed by atoms with Crippen molar-refractivity contribution in [2.75, 3.05) is 14.1 Å². The fourth-order valence-corrected chi connectivity index (χ4v) is 2.35. The van der Waals surface area contributed by atoms with E-state index in [1.165, 1.54) is 4.90 Å². The number of nitrogens with zero attached hydrogens (tertiary/aromatic N) is 1. The van der Waals surface area contributed by atoms with Gasteiger partial charge in [0.25, 0.3) is 5.91 Å². The lowest BCUT2D eigenvalue weighted by molar-refractivity contribution is -0.174. The molecule has 0 aliphatic carbocycles. The van der Waals surface area contributed by atoms with Crippen molar-refractivity contribution in [3.63, 3.8) is 0 Å². The Morgan fingerprint density at radius 1 is 0.846 bits per heavy atom. The molecule has 0 heterocycles. The van der Waals surface area contributed by atoms with Crippen molar-refractivity contribution in [3.8, 4) is 0 Å². The summed E-state index contributed by atoms with van der Waals surface area (Å²) in [5.41, 5.74) is 1.66. The molecule has 138 valence electrons. The molecule has 2 atom stereocenters. The number of hydrogen-bond donors (Lipinski definition) is 1. The zero-order valence-corrected chi connectivity index (χ0v) is 14.9. The molecule has 0 radical (unpaired) electrons. The Labute approximate surface area is 153 Å².